The topological polar surface area (TPSA) is 69.1 Å². The molecule has 3 nitrogen and oxygen atoms in total. The predicted octanol–water partition coefficient (Wildman–Crippen LogP) is 1.06. The number of nitrogens with two attached hydrogens (primary N) is 2. The van der Waals surface area contributed by atoms with Crippen molar-refractivity contribution in [3.63, 3.8) is 0 Å². The summed E-state index contributed by atoms with van der Waals surface area (Å²) in [4.78, 5) is 10.4. The lowest BCUT2D eigenvalue weighted by atomic mass is 10.0. The molecule has 12 heavy (non-hydrogen) atoms. The van der Waals surface area contributed by atoms with Crippen molar-refractivity contribution < 1.29 is 4.79 Å². The monoisotopic (exact) mass is 162 g/mol. The van der Waals surface area contributed by atoms with E-state index in [2.05, 4.69) is 6.58 Å². The van der Waals surface area contributed by atoms with Crippen LogP contribution in [0.2, 0.25) is 0 Å². The van der Waals surface area contributed by atoms with Gasteiger partial charge in [-0.15, -0.1) is 0 Å². The van der Waals surface area contributed by atoms with Crippen LogP contribution >= 0.6 is 0 Å². The maximum atomic E-state index is 10.4. The maximum Gasteiger partial charge on any atom is 0.150 e. The van der Waals surface area contributed by atoms with Gasteiger partial charge in [-0.25, -0.2) is 0 Å². The highest BCUT2D eigenvalue weighted by Gasteiger charge is 2.05. The van der Waals surface area contributed by atoms with Crippen molar-refractivity contribution in [3.8, 4) is 0 Å². The Hall–Kier alpha value is -1.77. The van der Waals surface area contributed by atoms with Gasteiger partial charge in [0.05, 0.1) is 0 Å². The van der Waals surface area contributed by atoms with Gasteiger partial charge in [-0.3, -0.25) is 4.79 Å². The Labute approximate surface area is 70.7 Å². The van der Waals surface area contributed by atoms with Crippen molar-refractivity contribution in [1.82, 2.24) is 0 Å². The van der Waals surface area contributed by atoms with Crippen molar-refractivity contribution in [3.05, 3.63) is 30.3 Å². The Bertz CT molecular complexity index is 311. The van der Waals surface area contributed by atoms with E-state index in [-0.39, 0.29) is 0 Å². The van der Waals surface area contributed by atoms with Crippen LogP contribution in [0.1, 0.15) is 5.56 Å². The number of nitrogen functional groups attached to an aromatic ring is 2. The zero-order valence-electron chi connectivity index (χ0n) is 6.58. The summed E-state index contributed by atoms with van der Waals surface area (Å²) in [6, 6.07) is 5.09. The van der Waals surface area contributed by atoms with Gasteiger partial charge in [0.25, 0.3) is 0 Å². The molecule has 0 saturated heterocycles. The molecule has 0 radical (unpaired) electrons. The molecule has 62 valence electrons. The molecule has 0 aliphatic carbocycles. The summed E-state index contributed by atoms with van der Waals surface area (Å²) in [5, 5.41) is 0. The van der Waals surface area contributed by atoms with Gasteiger partial charge in [0.1, 0.15) is 6.29 Å². The number of aldehydes is 1. The molecule has 0 aromatic heterocycles. The van der Waals surface area contributed by atoms with Crippen LogP contribution in [0.25, 0.3) is 5.57 Å². The van der Waals surface area contributed by atoms with E-state index in [9.17, 15) is 4.79 Å². The molecule has 0 aliphatic heterocycles. The van der Waals surface area contributed by atoms with Gasteiger partial charge < -0.3 is 11.5 Å². The molecular formula is C9H10N2O. The molecule has 0 aliphatic rings. The second-order valence-electron chi connectivity index (χ2n) is 2.45. The Balaban J connectivity index is 3.30. The van der Waals surface area contributed by atoms with Crippen molar-refractivity contribution >= 4 is 23.2 Å². The van der Waals surface area contributed by atoms with Crippen LogP contribution < -0.4 is 11.5 Å². The molecule has 1 aromatic carbocycles. The number of carbonyl (C=O) groups excluding carboxylic acids is 1. The Morgan fingerprint density at radius 1 is 1.33 bits per heavy atom. The average molecular weight is 162 g/mol. The highest BCUT2D eigenvalue weighted by atomic mass is 16.1. The average Bonchev–Trinajstić information content (AvgIpc) is 2.03. The summed E-state index contributed by atoms with van der Waals surface area (Å²) in [6.45, 7) is 3.54. The lowest BCUT2D eigenvalue weighted by Crippen LogP contribution is -1.99. The third-order valence-electron chi connectivity index (χ3n) is 1.59. The highest BCUT2D eigenvalue weighted by molar-refractivity contribution is 6.10. The standard InChI is InChI=1S/C9H10N2O/c1-6(5-12)9-7(10)3-2-4-8(9)11/h2-5H,1,10-11H2. The Morgan fingerprint density at radius 2 is 1.83 bits per heavy atom. The van der Waals surface area contributed by atoms with Crippen LogP contribution in [0.3, 0.4) is 0 Å². The largest absolute Gasteiger partial charge is 0.398 e. The molecular weight excluding hydrogens is 152 g/mol. The van der Waals surface area contributed by atoms with E-state index in [0.29, 0.717) is 28.8 Å². The molecule has 0 atom stereocenters. The summed E-state index contributed by atoms with van der Waals surface area (Å²) in [7, 11) is 0. The maximum absolute atomic E-state index is 10.4. The fraction of sp³-hybridized carbons (Fsp3) is 0. The fourth-order valence-electron chi connectivity index (χ4n) is 1.02. The lowest BCUT2D eigenvalue weighted by Gasteiger charge is -2.06. The van der Waals surface area contributed by atoms with Gasteiger partial charge >= 0.3 is 0 Å². The number of benzene rings is 1. The summed E-state index contributed by atoms with van der Waals surface area (Å²) in [5.41, 5.74) is 13.0. The van der Waals surface area contributed by atoms with Crippen molar-refractivity contribution in [2.75, 3.05) is 11.5 Å². The van der Waals surface area contributed by atoms with Gasteiger partial charge in [-0.1, -0.05) is 12.6 Å². The number of rotatable bonds is 2. The number of hydrogen-bond acceptors (Lipinski definition) is 3. The molecule has 4 N–H and O–H groups in total. The number of carbonyl (C=O) groups is 1. The van der Waals surface area contributed by atoms with E-state index >= 15 is 0 Å². The van der Waals surface area contributed by atoms with Crippen LogP contribution in [0, 0.1) is 0 Å². The Morgan fingerprint density at radius 3 is 2.25 bits per heavy atom. The normalized spacial score (nSPS) is 9.33. The van der Waals surface area contributed by atoms with Gasteiger partial charge in [0.2, 0.25) is 0 Å². The highest BCUT2D eigenvalue weighted by Crippen LogP contribution is 2.24. The molecule has 0 heterocycles. The van der Waals surface area contributed by atoms with Crippen molar-refractivity contribution in [1.29, 1.82) is 0 Å². The molecule has 1 rings (SSSR count). The summed E-state index contributed by atoms with van der Waals surface area (Å²) < 4.78 is 0. The molecule has 0 spiro atoms. The van der Waals surface area contributed by atoms with Crippen molar-refractivity contribution in [2.45, 2.75) is 0 Å². The summed E-state index contributed by atoms with van der Waals surface area (Å²) in [5.74, 6) is 0. The minimum atomic E-state index is 0.311. The first-order chi connectivity index (χ1) is 5.66. The number of hydrogen-bond donors (Lipinski definition) is 2. The second-order valence-corrected chi connectivity index (χ2v) is 2.45. The molecule has 0 fully saturated rings. The van der Waals surface area contributed by atoms with E-state index in [1.165, 1.54) is 0 Å². The van der Waals surface area contributed by atoms with E-state index < -0.39 is 0 Å². The van der Waals surface area contributed by atoms with E-state index in [1.54, 1.807) is 18.2 Å². The quantitative estimate of drug-likeness (QED) is 0.388. The second kappa shape index (κ2) is 3.09. The molecule has 0 saturated carbocycles. The first kappa shape index (κ1) is 8.33. The fourth-order valence-corrected chi connectivity index (χ4v) is 1.02. The van der Waals surface area contributed by atoms with Gasteiger partial charge in [0.15, 0.2) is 0 Å². The number of allylic oxidation sites excluding steroid dienone is 1. The van der Waals surface area contributed by atoms with Crippen LogP contribution in [-0.4, -0.2) is 6.29 Å². The van der Waals surface area contributed by atoms with E-state index in [0.717, 1.165) is 0 Å². The summed E-state index contributed by atoms with van der Waals surface area (Å²) >= 11 is 0. The molecule has 3 heteroatoms. The molecule has 0 bridgehead atoms. The first-order valence-electron chi connectivity index (χ1n) is 3.45. The summed E-state index contributed by atoms with van der Waals surface area (Å²) in [6.07, 6.45) is 0.641. The molecule has 0 unspecified atom stereocenters. The van der Waals surface area contributed by atoms with E-state index in [1.807, 2.05) is 0 Å². The Kier molecular flexibility index (Phi) is 2.14. The van der Waals surface area contributed by atoms with Gasteiger partial charge in [-0.05, 0) is 12.1 Å². The van der Waals surface area contributed by atoms with Crippen LogP contribution in [-0.2, 0) is 4.79 Å². The van der Waals surface area contributed by atoms with Gasteiger partial charge in [-0.2, -0.15) is 0 Å². The molecule has 0 amide bonds. The first-order valence-corrected chi connectivity index (χ1v) is 3.45. The van der Waals surface area contributed by atoms with Crippen LogP contribution in [0.15, 0.2) is 24.8 Å². The minimum absolute atomic E-state index is 0.311. The zero-order valence-corrected chi connectivity index (χ0v) is 6.58. The third-order valence-corrected chi connectivity index (χ3v) is 1.59. The molecule has 1 aromatic rings. The van der Waals surface area contributed by atoms with Gasteiger partial charge in [0, 0.05) is 22.5 Å². The predicted molar refractivity (Wildman–Crippen MR) is 50.4 cm³/mol. The minimum Gasteiger partial charge on any atom is -0.398 e. The van der Waals surface area contributed by atoms with Crippen LogP contribution in [0.5, 0.6) is 0 Å². The zero-order chi connectivity index (χ0) is 9.14. The third kappa shape index (κ3) is 1.29. The number of anilines is 2. The van der Waals surface area contributed by atoms with Crippen LogP contribution in [0.4, 0.5) is 11.4 Å². The SMILES string of the molecule is C=C(C=O)c1c(N)cccc1N. The van der Waals surface area contributed by atoms with E-state index in [4.69, 9.17) is 11.5 Å². The van der Waals surface area contributed by atoms with Crippen molar-refractivity contribution in [2.24, 2.45) is 0 Å². The smallest absolute Gasteiger partial charge is 0.150 e. The lowest BCUT2D eigenvalue weighted by molar-refractivity contribution is -0.103.